The Hall–Kier alpha value is -2.38. The van der Waals surface area contributed by atoms with Gasteiger partial charge in [0, 0.05) is 24.9 Å². The van der Waals surface area contributed by atoms with Gasteiger partial charge in [0.25, 0.3) is 5.56 Å². The number of alkyl halides is 3. The maximum atomic E-state index is 12.9. The van der Waals surface area contributed by atoms with Crippen LogP contribution in [0, 0.1) is 6.92 Å². The number of aromatic nitrogens is 3. The second-order valence-corrected chi connectivity index (χ2v) is 4.39. The average molecular weight is 298 g/mol. The second-order valence-electron chi connectivity index (χ2n) is 4.39. The van der Waals surface area contributed by atoms with Crippen LogP contribution in [0.1, 0.15) is 17.2 Å². The molecular weight excluding hydrogens is 285 g/mol. The maximum Gasteiger partial charge on any atom is 0.431 e. The summed E-state index contributed by atoms with van der Waals surface area (Å²) in [5.74, 6) is 0.619. The molecule has 0 unspecified atom stereocenters. The molecule has 0 spiro atoms. The monoisotopic (exact) mass is 298 g/mol. The van der Waals surface area contributed by atoms with Crippen LogP contribution in [0.25, 0.3) is 0 Å². The van der Waals surface area contributed by atoms with Crippen LogP contribution in [-0.2, 0) is 12.7 Å². The van der Waals surface area contributed by atoms with Gasteiger partial charge in [0.1, 0.15) is 11.5 Å². The summed E-state index contributed by atoms with van der Waals surface area (Å²) in [7, 11) is 1.64. The van der Waals surface area contributed by atoms with Crippen molar-refractivity contribution in [1.82, 2.24) is 14.5 Å². The first-order valence-corrected chi connectivity index (χ1v) is 6.10. The van der Waals surface area contributed by atoms with Crippen molar-refractivity contribution >= 4 is 5.82 Å². The Morgan fingerprint density at radius 3 is 2.62 bits per heavy atom. The smallest absolute Gasteiger partial charge is 0.373 e. The lowest BCUT2D eigenvalue weighted by Crippen LogP contribution is -2.28. The van der Waals surface area contributed by atoms with Gasteiger partial charge in [-0.1, -0.05) is 6.07 Å². The minimum absolute atomic E-state index is 0.137. The van der Waals surface area contributed by atoms with Crippen LogP contribution in [-0.4, -0.2) is 21.6 Å². The number of nitrogens with zero attached hydrogens (tertiary/aromatic N) is 3. The molecule has 5 nitrogen and oxygen atoms in total. The third-order valence-corrected chi connectivity index (χ3v) is 2.80. The fourth-order valence-corrected chi connectivity index (χ4v) is 1.90. The van der Waals surface area contributed by atoms with Gasteiger partial charge in [0.05, 0.1) is 6.54 Å². The Balaban J connectivity index is 2.49. The van der Waals surface area contributed by atoms with Crippen molar-refractivity contribution in [3.05, 3.63) is 51.8 Å². The molecule has 0 saturated carbocycles. The Morgan fingerprint density at radius 1 is 1.29 bits per heavy atom. The molecular formula is C13H13F3N4O. The maximum absolute atomic E-state index is 12.9. The van der Waals surface area contributed by atoms with E-state index < -0.39 is 17.4 Å². The lowest BCUT2D eigenvalue weighted by molar-refractivity contribution is -0.144. The molecule has 0 bridgehead atoms. The number of halogens is 3. The minimum atomic E-state index is -4.61. The van der Waals surface area contributed by atoms with Gasteiger partial charge < -0.3 is 5.32 Å². The van der Waals surface area contributed by atoms with Crippen molar-refractivity contribution in [3.63, 3.8) is 0 Å². The van der Waals surface area contributed by atoms with Gasteiger partial charge in [-0.25, -0.2) is 9.97 Å². The highest BCUT2D eigenvalue weighted by Gasteiger charge is 2.34. The number of anilines is 1. The van der Waals surface area contributed by atoms with Crippen LogP contribution >= 0.6 is 0 Å². The standard InChI is InChI=1S/C13H13F3N4O/c1-8-6-10(17-2)19-11(18-8)7-20-9(13(14,15)16)4-3-5-12(20)21/h3-6H,7H2,1-2H3,(H,17,18,19). The molecule has 0 fully saturated rings. The molecule has 0 amide bonds. The van der Waals surface area contributed by atoms with Crippen LogP contribution in [0.2, 0.25) is 0 Å². The molecule has 21 heavy (non-hydrogen) atoms. The molecule has 0 radical (unpaired) electrons. The number of aryl methyl sites for hydroxylation is 1. The number of rotatable bonds is 3. The predicted molar refractivity (Wildman–Crippen MR) is 71.1 cm³/mol. The van der Waals surface area contributed by atoms with Crippen molar-refractivity contribution < 1.29 is 13.2 Å². The summed E-state index contributed by atoms with van der Waals surface area (Å²) in [6.45, 7) is 1.36. The van der Waals surface area contributed by atoms with Crippen LogP contribution < -0.4 is 10.9 Å². The summed E-state index contributed by atoms with van der Waals surface area (Å²) in [5.41, 5.74) is -1.17. The topological polar surface area (TPSA) is 59.8 Å². The summed E-state index contributed by atoms with van der Waals surface area (Å²) >= 11 is 0. The Bertz CT molecular complexity index is 709. The van der Waals surface area contributed by atoms with E-state index in [1.54, 1.807) is 20.0 Å². The Kier molecular flexibility index (Phi) is 3.97. The predicted octanol–water partition coefficient (Wildman–Crippen LogP) is 2.06. The molecule has 0 aliphatic heterocycles. The van der Waals surface area contributed by atoms with Crippen molar-refractivity contribution in [3.8, 4) is 0 Å². The van der Waals surface area contributed by atoms with E-state index in [0.29, 0.717) is 16.1 Å². The number of hydrogen-bond acceptors (Lipinski definition) is 4. The highest BCUT2D eigenvalue weighted by molar-refractivity contribution is 5.34. The zero-order valence-corrected chi connectivity index (χ0v) is 11.4. The molecule has 2 rings (SSSR count). The van der Waals surface area contributed by atoms with Crippen molar-refractivity contribution in [2.45, 2.75) is 19.6 Å². The van der Waals surface area contributed by atoms with Crippen molar-refractivity contribution in [1.29, 1.82) is 0 Å². The first-order chi connectivity index (χ1) is 9.81. The van der Waals surface area contributed by atoms with E-state index in [0.717, 1.165) is 18.2 Å². The SMILES string of the molecule is CNc1cc(C)nc(Cn2c(C(F)(F)F)cccc2=O)n1. The molecule has 8 heteroatoms. The molecule has 0 aliphatic rings. The first-order valence-electron chi connectivity index (χ1n) is 6.10. The van der Waals surface area contributed by atoms with E-state index in [-0.39, 0.29) is 12.4 Å². The van der Waals surface area contributed by atoms with Gasteiger partial charge in [-0.2, -0.15) is 13.2 Å². The summed E-state index contributed by atoms with van der Waals surface area (Å²) in [6, 6.07) is 4.67. The van der Waals surface area contributed by atoms with Crippen LogP contribution in [0.3, 0.4) is 0 Å². The van der Waals surface area contributed by atoms with Crippen LogP contribution in [0.5, 0.6) is 0 Å². The molecule has 112 valence electrons. The molecule has 2 aromatic rings. The van der Waals surface area contributed by atoms with Gasteiger partial charge in [0.15, 0.2) is 5.82 Å². The van der Waals surface area contributed by atoms with E-state index in [1.165, 1.54) is 0 Å². The molecule has 2 aromatic heterocycles. The van der Waals surface area contributed by atoms with E-state index in [9.17, 15) is 18.0 Å². The van der Waals surface area contributed by atoms with Crippen molar-refractivity contribution in [2.75, 3.05) is 12.4 Å². The molecule has 0 aromatic carbocycles. The molecule has 2 heterocycles. The van der Waals surface area contributed by atoms with E-state index in [1.807, 2.05) is 0 Å². The summed E-state index contributed by atoms with van der Waals surface area (Å²) in [5, 5.41) is 2.79. The second kappa shape index (κ2) is 5.55. The Morgan fingerprint density at radius 2 is 2.00 bits per heavy atom. The van der Waals surface area contributed by atoms with Crippen molar-refractivity contribution in [2.24, 2.45) is 0 Å². The lowest BCUT2D eigenvalue weighted by atomic mass is 10.3. The third kappa shape index (κ3) is 3.39. The number of nitrogens with one attached hydrogen (secondary N) is 1. The number of hydrogen-bond donors (Lipinski definition) is 1. The number of pyridine rings is 1. The van der Waals surface area contributed by atoms with Gasteiger partial charge in [-0.15, -0.1) is 0 Å². The molecule has 0 saturated heterocycles. The Labute approximate surface area is 118 Å². The zero-order valence-electron chi connectivity index (χ0n) is 11.4. The van der Waals surface area contributed by atoms with Crippen LogP contribution in [0.15, 0.2) is 29.1 Å². The normalized spacial score (nSPS) is 11.5. The third-order valence-electron chi connectivity index (χ3n) is 2.80. The largest absolute Gasteiger partial charge is 0.431 e. The molecule has 0 aliphatic carbocycles. The van der Waals surface area contributed by atoms with Gasteiger partial charge in [-0.3, -0.25) is 9.36 Å². The van der Waals surface area contributed by atoms with E-state index >= 15 is 0 Å². The quantitative estimate of drug-likeness (QED) is 0.942. The highest BCUT2D eigenvalue weighted by Crippen LogP contribution is 2.28. The lowest BCUT2D eigenvalue weighted by Gasteiger charge is -2.14. The first kappa shape index (κ1) is 15.0. The van der Waals surface area contributed by atoms with Crippen LogP contribution in [0.4, 0.5) is 19.0 Å². The average Bonchev–Trinajstić information content (AvgIpc) is 2.39. The summed E-state index contributed by atoms with van der Waals surface area (Å²) in [6.07, 6.45) is -4.61. The van der Waals surface area contributed by atoms with E-state index in [4.69, 9.17) is 0 Å². The zero-order chi connectivity index (χ0) is 15.6. The summed E-state index contributed by atoms with van der Waals surface area (Å²) in [4.78, 5) is 19.8. The molecule has 0 atom stereocenters. The van der Waals surface area contributed by atoms with E-state index in [2.05, 4.69) is 15.3 Å². The summed E-state index contributed by atoms with van der Waals surface area (Å²) < 4.78 is 39.4. The fourth-order valence-electron chi connectivity index (χ4n) is 1.90. The highest BCUT2D eigenvalue weighted by atomic mass is 19.4. The molecule has 1 N–H and O–H groups in total. The van der Waals surface area contributed by atoms with Gasteiger partial charge >= 0.3 is 6.18 Å². The van der Waals surface area contributed by atoms with Gasteiger partial charge in [0.2, 0.25) is 0 Å². The minimum Gasteiger partial charge on any atom is -0.373 e. The van der Waals surface area contributed by atoms with Gasteiger partial charge in [-0.05, 0) is 13.0 Å². The fraction of sp³-hybridized carbons (Fsp3) is 0.308.